The molecule has 2 aliphatic heterocycles. The second-order valence-corrected chi connectivity index (χ2v) is 9.06. The van der Waals surface area contributed by atoms with Gasteiger partial charge < -0.3 is 19.9 Å². The van der Waals surface area contributed by atoms with Gasteiger partial charge in [0.2, 0.25) is 11.8 Å². The number of ether oxygens (including phenoxy) is 1. The predicted octanol–water partition coefficient (Wildman–Crippen LogP) is 2.11. The number of methoxy groups -OCH3 is 1. The number of rotatable bonds is 8. The standard InChI is InChI=1S/C24H36N4O3/c1-31-22-9-7-20(8-10-22)27-15-13-26(14-16-27)12-4-11-25-24(30)19-17-23(29)28(18-19)21-5-2-3-6-21/h7-10,19,21H,2-6,11-18H2,1H3,(H,25,30). The van der Waals surface area contributed by atoms with Crippen LogP contribution in [-0.2, 0) is 9.59 Å². The summed E-state index contributed by atoms with van der Waals surface area (Å²) in [6, 6.07) is 8.63. The molecular weight excluding hydrogens is 392 g/mol. The normalized spacial score (nSPS) is 22.9. The minimum absolute atomic E-state index is 0.0539. The van der Waals surface area contributed by atoms with Crippen molar-refractivity contribution in [1.82, 2.24) is 15.1 Å². The third kappa shape index (κ3) is 5.50. The quantitative estimate of drug-likeness (QED) is 0.643. The number of nitrogens with zero attached hydrogens (tertiary/aromatic N) is 3. The van der Waals surface area contributed by atoms with Crippen LogP contribution in [0.5, 0.6) is 5.75 Å². The van der Waals surface area contributed by atoms with Crippen molar-refractivity contribution in [3.63, 3.8) is 0 Å². The summed E-state index contributed by atoms with van der Waals surface area (Å²) in [6.45, 7) is 6.39. The topological polar surface area (TPSA) is 65.1 Å². The van der Waals surface area contributed by atoms with Gasteiger partial charge >= 0.3 is 0 Å². The number of carbonyl (C=O) groups is 2. The Morgan fingerprint density at radius 1 is 1.10 bits per heavy atom. The molecule has 4 rings (SSSR count). The van der Waals surface area contributed by atoms with E-state index >= 15 is 0 Å². The Hall–Kier alpha value is -2.28. The average molecular weight is 429 g/mol. The van der Waals surface area contributed by atoms with Gasteiger partial charge in [-0.15, -0.1) is 0 Å². The first kappa shape index (κ1) is 21.9. The summed E-state index contributed by atoms with van der Waals surface area (Å²) < 4.78 is 5.24. The highest BCUT2D eigenvalue weighted by atomic mass is 16.5. The SMILES string of the molecule is COc1ccc(N2CCN(CCCNC(=O)C3CC(=O)N(C4CCCC4)C3)CC2)cc1. The summed E-state index contributed by atoms with van der Waals surface area (Å²) in [5, 5.41) is 3.07. The lowest BCUT2D eigenvalue weighted by Crippen LogP contribution is -2.47. The van der Waals surface area contributed by atoms with Crippen LogP contribution >= 0.6 is 0 Å². The van der Waals surface area contributed by atoms with Crippen molar-refractivity contribution in [1.29, 1.82) is 0 Å². The van der Waals surface area contributed by atoms with E-state index in [1.54, 1.807) is 7.11 Å². The first-order valence-corrected chi connectivity index (χ1v) is 11.8. The molecule has 0 aromatic heterocycles. The van der Waals surface area contributed by atoms with Gasteiger partial charge in [-0.2, -0.15) is 0 Å². The molecule has 3 fully saturated rings. The van der Waals surface area contributed by atoms with E-state index in [0.29, 0.717) is 25.6 Å². The molecule has 31 heavy (non-hydrogen) atoms. The molecule has 0 radical (unpaired) electrons. The summed E-state index contributed by atoms with van der Waals surface area (Å²) >= 11 is 0. The molecule has 0 spiro atoms. The number of anilines is 1. The van der Waals surface area contributed by atoms with Crippen LogP contribution in [0.15, 0.2) is 24.3 Å². The van der Waals surface area contributed by atoms with Gasteiger partial charge in [-0.3, -0.25) is 14.5 Å². The van der Waals surface area contributed by atoms with E-state index in [2.05, 4.69) is 27.2 Å². The van der Waals surface area contributed by atoms with Crippen LogP contribution in [0.25, 0.3) is 0 Å². The van der Waals surface area contributed by atoms with Crippen LogP contribution in [-0.4, -0.2) is 80.6 Å². The van der Waals surface area contributed by atoms with E-state index < -0.39 is 0 Å². The molecule has 2 amide bonds. The molecule has 0 bridgehead atoms. The molecule has 1 aliphatic carbocycles. The Morgan fingerprint density at radius 2 is 1.81 bits per heavy atom. The van der Waals surface area contributed by atoms with Crippen LogP contribution in [0, 0.1) is 5.92 Å². The summed E-state index contributed by atoms with van der Waals surface area (Å²) in [5.41, 5.74) is 1.24. The number of hydrogen-bond donors (Lipinski definition) is 1. The summed E-state index contributed by atoms with van der Waals surface area (Å²) in [6.07, 6.45) is 5.95. The van der Waals surface area contributed by atoms with Gasteiger partial charge in [-0.05, 0) is 50.1 Å². The highest BCUT2D eigenvalue weighted by molar-refractivity contribution is 5.89. The van der Waals surface area contributed by atoms with E-state index in [1.165, 1.54) is 18.5 Å². The number of hydrogen-bond acceptors (Lipinski definition) is 5. The molecule has 3 aliphatic rings. The summed E-state index contributed by atoms with van der Waals surface area (Å²) in [7, 11) is 1.69. The molecule has 1 atom stereocenters. The number of piperazine rings is 1. The second kappa shape index (κ2) is 10.4. The maximum Gasteiger partial charge on any atom is 0.225 e. The van der Waals surface area contributed by atoms with E-state index in [0.717, 1.165) is 57.7 Å². The summed E-state index contributed by atoms with van der Waals surface area (Å²) in [4.78, 5) is 31.7. The molecule has 170 valence electrons. The van der Waals surface area contributed by atoms with Crippen molar-refractivity contribution in [2.45, 2.75) is 44.6 Å². The molecule has 1 aromatic rings. The number of likely N-dealkylation sites (tertiary alicyclic amines) is 1. The Bertz CT molecular complexity index is 740. The highest BCUT2D eigenvalue weighted by Gasteiger charge is 2.38. The minimum Gasteiger partial charge on any atom is -0.497 e. The number of carbonyl (C=O) groups excluding carboxylic acids is 2. The fourth-order valence-corrected chi connectivity index (χ4v) is 5.16. The van der Waals surface area contributed by atoms with Crippen LogP contribution in [0.2, 0.25) is 0 Å². The smallest absolute Gasteiger partial charge is 0.225 e. The summed E-state index contributed by atoms with van der Waals surface area (Å²) in [5.74, 6) is 0.943. The molecule has 7 heteroatoms. The second-order valence-electron chi connectivity index (χ2n) is 9.06. The van der Waals surface area contributed by atoms with Crippen LogP contribution < -0.4 is 15.0 Å². The largest absolute Gasteiger partial charge is 0.497 e. The molecular formula is C24H36N4O3. The Kier molecular flexibility index (Phi) is 7.33. The maximum atomic E-state index is 12.5. The van der Waals surface area contributed by atoms with Crippen molar-refractivity contribution in [2.24, 2.45) is 5.92 Å². The number of benzene rings is 1. The first-order valence-electron chi connectivity index (χ1n) is 11.8. The van der Waals surface area contributed by atoms with E-state index in [1.807, 2.05) is 17.0 Å². The monoisotopic (exact) mass is 428 g/mol. The third-order valence-electron chi connectivity index (χ3n) is 7.05. The zero-order valence-corrected chi connectivity index (χ0v) is 18.7. The van der Waals surface area contributed by atoms with Gasteiger partial charge in [0.05, 0.1) is 13.0 Å². The fourth-order valence-electron chi connectivity index (χ4n) is 5.16. The van der Waals surface area contributed by atoms with Gasteiger partial charge in [0.15, 0.2) is 0 Å². The van der Waals surface area contributed by atoms with Crippen molar-refractivity contribution in [2.75, 3.05) is 57.8 Å². The lowest BCUT2D eigenvalue weighted by Gasteiger charge is -2.36. The van der Waals surface area contributed by atoms with Gasteiger partial charge in [0.25, 0.3) is 0 Å². The van der Waals surface area contributed by atoms with E-state index in [4.69, 9.17) is 4.74 Å². The zero-order valence-electron chi connectivity index (χ0n) is 18.7. The van der Waals surface area contributed by atoms with Crippen LogP contribution in [0.3, 0.4) is 0 Å². The lowest BCUT2D eigenvalue weighted by molar-refractivity contribution is -0.130. The third-order valence-corrected chi connectivity index (χ3v) is 7.05. The van der Waals surface area contributed by atoms with Crippen molar-refractivity contribution in [3.8, 4) is 5.75 Å². The predicted molar refractivity (Wildman–Crippen MR) is 121 cm³/mol. The zero-order chi connectivity index (χ0) is 21.6. The molecule has 1 saturated carbocycles. The maximum absolute atomic E-state index is 12.5. The first-order chi connectivity index (χ1) is 15.1. The molecule has 1 N–H and O–H groups in total. The molecule has 2 saturated heterocycles. The Balaban J connectivity index is 1.11. The van der Waals surface area contributed by atoms with Gasteiger partial charge in [-0.25, -0.2) is 0 Å². The van der Waals surface area contributed by atoms with Crippen molar-refractivity contribution >= 4 is 17.5 Å². The number of amides is 2. The van der Waals surface area contributed by atoms with Crippen LogP contribution in [0.4, 0.5) is 5.69 Å². The van der Waals surface area contributed by atoms with E-state index in [-0.39, 0.29) is 17.7 Å². The van der Waals surface area contributed by atoms with E-state index in [9.17, 15) is 9.59 Å². The fraction of sp³-hybridized carbons (Fsp3) is 0.667. The molecule has 1 unspecified atom stereocenters. The molecule has 2 heterocycles. The highest BCUT2D eigenvalue weighted by Crippen LogP contribution is 2.29. The van der Waals surface area contributed by atoms with Gasteiger partial charge in [0, 0.05) is 57.4 Å². The number of nitrogens with one attached hydrogen (secondary N) is 1. The van der Waals surface area contributed by atoms with Gasteiger partial charge in [0.1, 0.15) is 5.75 Å². The van der Waals surface area contributed by atoms with Crippen molar-refractivity contribution in [3.05, 3.63) is 24.3 Å². The van der Waals surface area contributed by atoms with Crippen LogP contribution in [0.1, 0.15) is 38.5 Å². The van der Waals surface area contributed by atoms with Crippen molar-refractivity contribution < 1.29 is 14.3 Å². The lowest BCUT2D eigenvalue weighted by atomic mass is 10.1. The molecule has 7 nitrogen and oxygen atoms in total. The average Bonchev–Trinajstić information content (AvgIpc) is 3.47. The molecule has 1 aromatic carbocycles. The Morgan fingerprint density at radius 3 is 2.48 bits per heavy atom. The van der Waals surface area contributed by atoms with Gasteiger partial charge in [-0.1, -0.05) is 12.8 Å². The minimum atomic E-state index is -0.166. The Labute approximate surface area is 185 Å².